The number of aromatic amines is 1. The van der Waals surface area contributed by atoms with Gasteiger partial charge in [-0.2, -0.15) is 0 Å². The summed E-state index contributed by atoms with van der Waals surface area (Å²) in [6.45, 7) is 4.06. The van der Waals surface area contributed by atoms with E-state index in [1.54, 1.807) is 0 Å². The molecule has 0 bridgehead atoms. The van der Waals surface area contributed by atoms with Crippen molar-refractivity contribution in [3.63, 3.8) is 0 Å². The summed E-state index contributed by atoms with van der Waals surface area (Å²) in [6, 6.07) is 20.3. The predicted octanol–water partition coefficient (Wildman–Crippen LogP) is 5.34. The number of anilines is 1. The monoisotopic (exact) mass is 365 g/mol. The van der Waals surface area contributed by atoms with Gasteiger partial charge in [-0.25, -0.2) is 4.98 Å². The zero-order valence-electron chi connectivity index (χ0n) is 15.7. The summed E-state index contributed by atoms with van der Waals surface area (Å²) in [5, 5.41) is 4.07. The van der Waals surface area contributed by atoms with Gasteiger partial charge < -0.3 is 10.3 Å². The number of nitrogens with zero attached hydrogens (tertiary/aromatic N) is 1. The number of hydrogen-bond donors (Lipinski definition) is 2. The van der Waals surface area contributed by atoms with Gasteiger partial charge in [-0.1, -0.05) is 30.3 Å². The second-order valence-corrected chi connectivity index (χ2v) is 7.21. The normalized spacial score (nSPS) is 14.5. The molecule has 1 aliphatic heterocycles. The molecule has 3 heterocycles. The van der Waals surface area contributed by atoms with Crippen LogP contribution in [-0.2, 0) is 4.79 Å². The van der Waals surface area contributed by atoms with Crippen LogP contribution in [0.15, 0.2) is 60.7 Å². The SMILES string of the molecule is Cc1cc(C)c(/C=C2\C(=O)Nc3ccc(-c4ccc5ccccc5n4)cc32)[nH]1. The number of H-pyrrole nitrogens is 1. The number of aryl methyl sites for hydroxylation is 2. The Morgan fingerprint density at radius 1 is 0.964 bits per heavy atom. The summed E-state index contributed by atoms with van der Waals surface area (Å²) in [4.78, 5) is 20.7. The molecule has 0 radical (unpaired) electrons. The van der Waals surface area contributed by atoms with Gasteiger partial charge in [-0.3, -0.25) is 4.79 Å². The Hall–Kier alpha value is -3.66. The van der Waals surface area contributed by atoms with Crippen molar-refractivity contribution in [3.8, 4) is 11.3 Å². The number of carbonyl (C=O) groups excluding carboxylic acids is 1. The van der Waals surface area contributed by atoms with Crippen molar-refractivity contribution in [2.75, 3.05) is 5.32 Å². The van der Waals surface area contributed by atoms with Crippen molar-refractivity contribution < 1.29 is 4.79 Å². The smallest absolute Gasteiger partial charge is 0.256 e. The van der Waals surface area contributed by atoms with Gasteiger partial charge in [0.2, 0.25) is 0 Å². The zero-order valence-corrected chi connectivity index (χ0v) is 15.7. The van der Waals surface area contributed by atoms with Gasteiger partial charge in [0.15, 0.2) is 0 Å². The van der Waals surface area contributed by atoms with E-state index in [-0.39, 0.29) is 5.91 Å². The number of nitrogens with one attached hydrogen (secondary N) is 2. The quantitative estimate of drug-likeness (QED) is 0.471. The number of carbonyl (C=O) groups is 1. The van der Waals surface area contributed by atoms with Gasteiger partial charge in [0.05, 0.1) is 16.8 Å². The first-order valence-corrected chi connectivity index (χ1v) is 9.28. The molecule has 1 amide bonds. The van der Waals surface area contributed by atoms with Crippen LogP contribution in [0.1, 0.15) is 22.5 Å². The van der Waals surface area contributed by atoms with Crippen LogP contribution >= 0.6 is 0 Å². The number of pyridine rings is 1. The first kappa shape index (κ1) is 16.5. The maximum Gasteiger partial charge on any atom is 0.256 e. The second kappa shape index (κ2) is 6.20. The molecule has 0 atom stereocenters. The van der Waals surface area contributed by atoms with E-state index in [0.717, 1.165) is 50.4 Å². The van der Waals surface area contributed by atoms with Crippen molar-refractivity contribution in [2.24, 2.45) is 0 Å². The minimum Gasteiger partial charge on any atom is -0.359 e. The van der Waals surface area contributed by atoms with Crippen LogP contribution in [-0.4, -0.2) is 15.9 Å². The topological polar surface area (TPSA) is 57.8 Å². The van der Waals surface area contributed by atoms with Crippen molar-refractivity contribution in [1.82, 2.24) is 9.97 Å². The Morgan fingerprint density at radius 3 is 2.64 bits per heavy atom. The van der Waals surface area contributed by atoms with Crippen LogP contribution < -0.4 is 5.32 Å². The molecule has 136 valence electrons. The summed E-state index contributed by atoms with van der Waals surface area (Å²) in [6.07, 6.45) is 1.93. The van der Waals surface area contributed by atoms with Crippen LogP contribution in [0.25, 0.3) is 33.8 Å². The Bertz CT molecular complexity index is 1280. The lowest BCUT2D eigenvalue weighted by atomic mass is 10.0. The van der Waals surface area contributed by atoms with Crippen LogP contribution in [0.2, 0.25) is 0 Å². The number of benzene rings is 2. The van der Waals surface area contributed by atoms with Crippen LogP contribution in [0, 0.1) is 13.8 Å². The molecule has 2 N–H and O–H groups in total. The zero-order chi connectivity index (χ0) is 19.3. The molecule has 0 aliphatic carbocycles. The van der Waals surface area contributed by atoms with Gasteiger partial charge >= 0.3 is 0 Å². The van der Waals surface area contributed by atoms with Crippen LogP contribution in [0.3, 0.4) is 0 Å². The summed E-state index contributed by atoms with van der Waals surface area (Å²) < 4.78 is 0. The summed E-state index contributed by atoms with van der Waals surface area (Å²) in [7, 11) is 0. The van der Waals surface area contributed by atoms with E-state index in [2.05, 4.69) is 28.5 Å². The largest absolute Gasteiger partial charge is 0.359 e. The number of rotatable bonds is 2. The summed E-state index contributed by atoms with van der Waals surface area (Å²) in [5.74, 6) is -0.0785. The minimum atomic E-state index is -0.0785. The van der Waals surface area contributed by atoms with Gasteiger partial charge in [0.25, 0.3) is 5.91 Å². The third kappa shape index (κ3) is 2.70. The highest BCUT2D eigenvalue weighted by Gasteiger charge is 2.25. The third-order valence-electron chi connectivity index (χ3n) is 5.18. The first-order chi connectivity index (χ1) is 13.6. The lowest BCUT2D eigenvalue weighted by Gasteiger charge is -2.06. The molecule has 1 aliphatic rings. The van der Waals surface area contributed by atoms with E-state index < -0.39 is 0 Å². The van der Waals surface area contributed by atoms with Crippen molar-refractivity contribution in [2.45, 2.75) is 13.8 Å². The highest BCUT2D eigenvalue weighted by atomic mass is 16.2. The molecule has 4 nitrogen and oxygen atoms in total. The highest BCUT2D eigenvalue weighted by Crippen LogP contribution is 2.36. The molecule has 0 saturated heterocycles. The Kier molecular flexibility index (Phi) is 3.66. The third-order valence-corrected chi connectivity index (χ3v) is 5.18. The van der Waals surface area contributed by atoms with Crippen LogP contribution in [0.4, 0.5) is 5.69 Å². The van der Waals surface area contributed by atoms with Crippen molar-refractivity contribution >= 4 is 34.1 Å². The molecule has 4 heteroatoms. The summed E-state index contributed by atoms with van der Waals surface area (Å²) in [5.41, 5.74) is 8.43. The fourth-order valence-corrected chi connectivity index (χ4v) is 3.76. The number of para-hydroxylation sites is 1. The summed E-state index contributed by atoms with van der Waals surface area (Å²) >= 11 is 0. The van der Waals surface area contributed by atoms with E-state index in [0.29, 0.717) is 5.57 Å². The Morgan fingerprint density at radius 2 is 1.82 bits per heavy atom. The molecular formula is C24H19N3O. The lowest BCUT2D eigenvalue weighted by Crippen LogP contribution is -2.03. The minimum absolute atomic E-state index is 0.0785. The number of hydrogen-bond acceptors (Lipinski definition) is 2. The number of aromatic nitrogens is 2. The van der Waals surface area contributed by atoms with Gasteiger partial charge in [-0.05, 0) is 55.8 Å². The highest BCUT2D eigenvalue weighted by molar-refractivity contribution is 6.35. The lowest BCUT2D eigenvalue weighted by molar-refractivity contribution is -0.110. The Labute approximate surface area is 162 Å². The van der Waals surface area contributed by atoms with E-state index in [4.69, 9.17) is 4.98 Å². The number of fused-ring (bicyclic) bond motifs is 2. The second-order valence-electron chi connectivity index (χ2n) is 7.21. The Balaban J connectivity index is 1.62. The average molecular weight is 365 g/mol. The molecule has 0 spiro atoms. The number of amides is 1. The molecule has 28 heavy (non-hydrogen) atoms. The van der Waals surface area contributed by atoms with Crippen molar-refractivity contribution in [3.05, 3.63) is 83.2 Å². The molecule has 5 rings (SSSR count). The molecule has 0 unspecified atom stereocenters. The fraction of sp³-hybridized carbons (Fsp3) is 0.0833. The van der Waals surface area contributed by atoms with E-state index >= 15 is 0 Å². The molecule has 0 fully saturated rings. The predicted molar refractivity (Wildman–Crippen MR) is 114 cm³/mol. The van der Waals surface area contributed by atoms with Gasteiger partial charge in [0, 0.05) is 33.6 Å². The average Bonchev–Trinajstić information content (AvgIpc) is 3.19. The standard InChI is InChI=1S/C24H19N3O/c1-14-11-15(2)25-23(14)13-19-18-12-17(8-10-22(18)27-24(19)28)21-9-7-16-5-3-4-6-20(16)26-21/h3-13,25H,1-2H3,(H,27,28)/b19-13-. The van der Waals surface area contributed by atoms with Gasteiger partial charge in [-0.15, -0.1) is 0 Å². The molecule has 0 saturated carbocycles. The van der Waals surface area contributed by atoms with E-state index in [1.807, 2.05) is 62.4 Å². The maximum absolute atomic E-state index is 12.6. The first-order valence-electron chi connectivity index (χ1n) is 9.28. The van der Waals surface area contributed by atoms with E-state index in [9.17, 15) is 4.79 Å². The van der Waals surface area contributed by atoms with Crippen molar-refractivity contribution in [1.29, 1.82) is 0 Å². The van der Waals surface area contributed by atoms with Crippen LogP contribution in [0.5, 0.6) is 0 Å². The molecular weight excluding hydrogens is 346 g/mol. The molecule has 4 aromatic rings. The fourth-order valence-electron chi connectivity index (χ4n) is 3.76. The maximum atomic E-state index is 12.6. The molecule has 2 aromatic carbocycles. The van der Waals surface area contributed by atoms with E-state index in [1.165, 1.54) is 0 Å². The van der Waals surface area contributed by atoms with Gasteiger partial charge in [0.1, 0.15) is 0 Å². The molecule has 2 aromatic heterocycles.